The fourth-order valence-corrected chi connectivity index (χ4v) is 3.91. The van der Waals surface area contributed by atoms with Gasteiger partial charge in [0.1, 0.15) is 11.8 Å². The molecule has 1 aromatic heterocycles. The van der Waals surface area contributed by atoms with Crippen LogP contribution in [0.1, 0.15) is 42.2 Å². The summed E-state index contributed by atoms with van der Waals surface area (Å²) in [7, 11) is 0. The molecule has 2 aliphatic heterocycles. The van der Waals surface area contributed by atoms with E-state index in [9.17, 15) is 31.1 Å². The van der Waals surface area contributed by atoms with Crippen LogP contribution in [0.5, 0.6) is 0 Å². The number of nitrogens with zero attached hydrogens (tertiary/aromatic N) is 2. The Labute approximate surface area is 155 Å². The van der Waals surface area contributed by atoms with E-state index in [1.807, 2.05) is 0 Å². The normalized spacial score (nSPS) is 23.1. The molecule has 2 aromatic rings. The molecule has 1 aromatic carbocycles. The van der Waals surface area contributed by atoms with Crippen molar-refractivity contribution >= 4 is 17.0 Å². The number of benzene rings is 1. The molecule has 2 atom stereocenters. The van der Waals surface area contributed by atoms with Crippen LogP contribution in [0.2, 0.25) is 0 Å². The molecule has 28 heavy (non-hydrogen) atoms. The van der Waals surface area contributed by atoms with E-state index >= 15 is 0 Å². The SMILES string of the molecule is O=C1O[C@H](c2cc(C(F)(F)F)nc3c(C(F)(F)F)cccc23)C2CCCCN12. The van der Waals surface area contributed by atoms with Crippen LogP contribution in [0, 0.1) is 0 Å². The predicted octanol–water partition coefficient (Wildman–Crippen LogP) is 5.32. The van der Waals surface area contributed by atoms with E-state index in [-0.39, 0.29) is 10.9 Å². The topological polar surface area (TPSA) is 42.4 Å². The van der Waals surface area contributed by atoms with Gasteiger partial charge in [-0.05, 0) is 31.4 Å². The number of rotatable bonds is 1. The van der Waals surface area contributed by atoms with Crippen molar-refractivity contribution in [3.05, 3.63) is 41.1 Å². The van der Waals surface area contributed by atoms with Crippen molar-refractivity contribution in [3.8, 4) is 0 Å². The van der Waals surface area contributed by atoms with Crippen LogP contribution >= 0.6 is 0 Å². The van der Waals surface area contributed by atoms with Gasteiger partial charge in [-0.2, -0.15) is 26.3 Å². The van der Waals surface area contributed by atoms with Gasteiger partial charge in [0.2, 0.25) is 0 Å². The first-order valence-corrected chi connectivity index (χ1v) is 8.62. The number of halogens is 6. The lowest BCUT2D eigenvalue weighted by atomic mass is 9.91. The van der Waals surface area contributed by atoms with Crippen LogP contribution in [0.4, 0.5) is 31.1 Å². The lowest BCUT2D eigenvalue weighted by molar-refractivity contribution is -0.142. The van der Waals surface area contributed by atoms with Gasteiger partial charge in [-0.3, -0.25) is 0 Å². The number of carbonyl (C=O) groups is 1. The van der Waals surface area contributed by atoms with Gasteiger partial charge in [0.25, 0.3) is 0 Å². The molecule has 0 saturated carbocycles. The summed E-state index contributed by atoms with van der Waals surface area (Å²) in [6.07, 6.45) is -9.59. The van der Waals surface area contributed by atoms with Gasteiger partial charge in [-0.1, -0.05) is 12.1 Å². The first-order chi connectivity index (χ1) is 13.1. The highest BCUT2D eigenvalue weighted by Crippen LogP contribution is 2.44. The molecule has 3 heterocycles. The lowest BCUT2D eigenvalue weighted by Crippen LogP contribution is -2.38. The summed E-state index contributed by atoms with van der Waals surface area (Å²) in [5, 5.41) is -0.104. The quantitative estimate of drug-likeness (QED) is 0.605. The summed E-state index contributed by atoms with van der Waals surface area (Å²) >= 11 is 0. The number of aromatic nitrogens is 1. The minimum atomic E-state index is -4.95. The van der Waals surface area contributed by atoms with E-state index < -0.39 is 47.4 Å². The molecule has 0 bridgehead atoms. The number of alkyl halides is 6. The van der Waals surface area contributed by atoms with Crippen LogP contribution in [-0.2, 0) is 17.1 Å². The molecule has 0 radical (unpaired) electrons. The monoisotopic (exact) mass is 404 g/mol. The zero-order chi connectivity index (χ0) is 20.3. The molecule has 1 amide bonds. The first kappa shape index (κ1) is 18.8. The zero-order valence-corrected chi connectivity index (χ0v) is 14.3. The van der Waals surface area contributed by atoms with E-state index in [1.165, 1.54) is 11.0 Å². The molecule has 10 heteroatoms. The summed E-state index contributed by atoms with van der Waals surface area (Å²) in [6.45, 7) is 0.406. The van der Waals surface area contributed by atoms with E-state index in [0.717, 1.165) is 18.9 Å². The summed E-state index contributed by atoms with van der Waals surface area (Å²) < 4.78 is 85.5. The predicted molar refractivity (Wildman–Crippen MR) is 85.3 cm³/mol. The van der Waals surface area contributed by atoms with Gasteiger partial charge in [0.15, 0.2) is 0 Å². The van der Waals surface area contributed by atoms with Crippen molar-refractivity contribution in [2.75, 3.05) is 6.54 Å². The molecule has 4 nitrogen and oxygen atoms in total. The Morgan fingerprint density at radius 1 is 1.07 bits per heavy atom. The van der Waals surface area contributed by atoms with Crippen molar-refractivity contribution in [1.82, 2.24) is 9.88 Å². The average Bonchev–Trinajstić information content (AvgIpc) is 2.96. The maximum absolute atomic E-state index is 13.4. The van der Waals surface area contributed by atoms with Crippen molar-refractivity contribution < 1.29 is 35.9 Å². The second kappa shape index (κ2) is 6.25. The number of pyridine rings is 1. The molecular formula is C18H14F6N2O2. The standard InChI is InChI=1S/C18H14F6N2O2/c19-17(20,21)11-5-3-4-9-10(8-13(18(22,23)24)25-14(9)11)15-12-6-1-2-7-26(12)16(27)28-15/h3-5,8,12,15H,1-2,6-7H2/t12?,15-/m1/s1. The molecule has 0 spiro atoms. The number of carbonyl (C=O) groups excluding carboxylic acids is 1. The van der Waals surface area contributed by atoms with Crippen molar-refractivity contribution in [1.29, 1.82) is 0 Å². The maximum Gasteiger partial charge on any atom is 0.433 e. The van der Waals surface area contributed by atoms with Crippen LogP contribution in [0.3, 0.4) is 0 Å². The fourth-order valence-electron chi connectivity index (χ4n) is 3.91. The Morgan fingerprint density at radius 2 is 1.82 bits per heavy atom. The van der Waals surface area contributed by atoms with E-state index in [1.54, 1.807) is 0 Å². The van der Waals surface area contributed by atoms with E-state index in [4.69, 9.17) is 4.74 Å². The minimum absolute atomic E-state index is 0.104. The molecule has 0 aliphatic carbocycles. The van der Waals surface area contributed by atoms with Crippen molar-refractivity contribution in [3.63, 3.8) is 0 Å². The third kappa shape index (κ3) is 3.04. The number of para-hydroxylation sites is 1. The van der Waals surface area contributed by atoms with Gasteiger partial charge in [-0.15, -0.1) is 0 Å². The maximum atomic E-state index is 13.4. The third-order valence-electron chi connectivity index (χ3n) is 5.13. The summed E-state index contributed by atoms with van der Waals surface area (Å²) in [5.74, 6) is 0. The number of hydrogen-bond donors (Lipinski definition) is 0. The van der Waals surface area contributed by atoms with E-state index in [0.29, 0.717) is 25.1 Å². The van der Waals surface area contributed by atoms with Gasteiger partial charge in [-0.25, -0.2) is 9.78 Å². The van der Waals surface area contributed by atoms with Gasteiger partial charge < -0.3 is 9.64 Å². The highest BCUT2D eigenvalue weighted by Gasteiger charge is 2.46. The summed E-state index contributed by atoms with van der Waals surface area (Å²) in [5.41, 5.74) is -3.62. The van der Waals surface area contributed by atoms with Gasteiger partial charge >= 0.3 is 18.4 Å². The fraction of sp³-hybridized carbons (Fsp3) is 0.444. The smallest absolute Gasteiger partial charge is 0.433 e. The first-order valence-electron chi connectivity index (χ1n) is 8.62. The number of cyclic esters (lactones) is 1. The average molecular weight is 404 g/mol. The molecule has 2 saturated heterocycles. The number of hydrogen-bond acceptors (Lipinski definition) is 3. The molecular weight excluding hydrogens is 390 g/mol. The lowest BCUT2D eigenvalue weighted by Gasteiger charge is -2.29. The van der Waals surface area contributed by atoms with Crippen LogP contribution < -0.4 is 0 Å². The van der Waals surface area contributed by atoms with Crippen molar-refractivity contribution in [2.45, 2.75) is 43.8 Å². The second-order valence-corrected chi connectivity index (χ2v) is 6.85. The largest absolute Gasteiger partial charge is 0.439 e. The highest BCUT2D eigenvalue weighted by atomic mass is 19.4. The Hall–Kier alpha value is -2.52. The van der Waals surface area contributed by atoms with Crippen LogP contribution in [0.25, 0.3) is 10.9 Å². The molecule has 2 fully saturated rings. The van der Waals surface area contributed by atoms with E-state index in [2.05, 4.69) is 4.98 Å². The number of piperidine rings is 1. The summed E-state index contributed by atoms with van der Waals surface area (Å²) in [6, 6.07) is 3.25. The Morgan fingerprint density at radius 3 is 2.50 bits per heavy atom. The Kier molecular flexibility index (Phi) is 4.20. The Bertz CT molecular complexity index is 940. The molecule has 150 valence electrons. The van der Waals surface area contributed by atoms with Crippen LogP contribution in [0.15, 0.2) is 24.3 Å². The third-order valence-corrected chi connectivity index (χ3v) is 5.13. The minimum Gasteiger partial charge on any atom is -0.439 e. The van der Waals surface area contributed by atoms with Gasteiger partial charge in [0, 0.05) is 17.5 Å². The zero-order valence-electron chi connectivity index (χ0n) is 14.3. The highest BCUT2D eigenvalue weighted by molar-refractivity contribution is 5.87. The van der Waals surface area contributed by atoms with Gasteiger partial charge in [0.05, 0.1) is 17.1 Å². The Balaban J connectivity index is 1.96. The van der Waals surface area contributed by atoms with Crippen molar-refractivity contribution in [2.24, 2.45) is 0 Å². The number of amides is 1. The molecule has 0 N–H and O–H groups in total. The van der Waals surface area contributed by atoms with Crippen LogP contribution in [-0.4, -0.2) is 28.6 Å². The number of ether oxygens (including phenoxy) is 1. The second-order valence-electron chi connectivity index (χ2n) is 6.85. The molecule has 1 unspecified atom stereocenters. The summed E-state index contributed by atoms with van der Waals surface area (Å²) in [4.78, 5) is 16.8. The molecule has 4 rings (SSSR count). The number of fused-ring (bicyclic) bond motifs is 2. The molecule has 2 aliphatic rings.